The van der Waals surface area contributed by atoms with Crippen LogP contribution in [0.2, 0.25) is 0 Å². The third-order valence-corrected chi connectivity index (χ3v) is 4.33. The van der Waals surface area contributed by atoms with Crippen molar-refractivity contribution in [3.05, 3.63) is 57.8 Å². The molecule has 0 unspecified atom stereocenters. The van der Waals surface area contributed by atoms with Crippen molar-refractivity contribution in [2.75, 3.05) is 7.11 Å². The molecule has 1 saturated carbocycles. The summed E-state index contributed by atoms with van der Waals surface area (Å²) in [5, 5.41) is 2.78. The second kappa shape index (κ2) is 7.21. The van der Waals surface area contributed by atoms with E-state index in [-0.39, 0.29) is 11.5 Å². The first-order valence-electron chi connectivity index (χ1n) is 7.63. The van der Waals surface area contributed by atoms with Gasteiger partial charge >= 0.3 is 0 Å². The molecule has 0 heterocycles. The number of halogens is 2. The second-order valence-corrected chi connectivity index (χ2v) is 6.46. The lowest BCUT2D eigenvalue weighted by atomic mass is 10.1. The van der Waals surface area contributed by atoms with Gasteiger partial charge in [0.05, 0.1) is 23.2 Å². The molecular weight excluding hydrogens is 377 g/mol. The summed E-state index contributed by atoms with van der Waals surface area (Å²) in [5.74, 6) is 0.235. The van der Waals surface area contributed by atoms with E-state index in [1.807, 2.05) is 18.2 Å². The zero-order valence-electron chi connectivity index (χ0n) is 13.1. The van der Waals surface area contributed by atoms with Crippen molar-refractivity contribution in [1.29, 1.82) is 0 Å². The molecule has 1 N–H and O–H groups in total. The monoisotopic (exact) mass is 393 g/mol. The fourth-order valence-corrected chi connectivity index (χ4v) is 2.59. The Kier molecular flexibility index (Phi) is 5.04. The molecule has 24 heavy (non-hydrogen) atoms. The molecule has 0 aliphatic heterocycles. The maximum absolute atomic E-state index is 13.4. The molecule has 6 heteroatoms. The number of methoxy groups -OCH3 is 1. The summed E-state index contributed by atoms with van der Waals surface area (Å²) in [6.07, 6.45) is 2.45. The lowest BCUT2D eigenvalue weighted by molar-refractivity contribution is 0.0947. The van der Waals surface area contributed by atoms with Crippen molar-refractivity contribution in [3.8, 4) is 11.5 Å². The molecule has 2 aromatic carbocycles. The largest absolute Gasteiger partial charge is 0.496 e. The molecule has 1 aliphatic carbocycles. The molecule has 4 nitrogen and oxygen atoms in total. The van der Waals surface area contributed by atoms with Crippen LogP contribution in [0.5, 0.6) is 11.5 Å². The van der Waals surface area contributed by atoms with E-state index in [0.717, 1.165) is 34.7 Å². The minimum Gasteiger partial charge on any atom is -0.496 e. The molecule has 0 radical (unpaired) electrons. The van der Waals surface area contributed by atoms with Crippen molar-refractivity contribution in [1.82, 2.24) is 5.32 Å². The zero-order valence-corrected chi connectivity index (χ0v) is 14.7. The smallest absolute Gasteiger partial charge is 0.255 e. The Balaban J connectivity index is 1.69. The van der Waals surface area contributed by atoms with Crippen LogP contribution in [0.15, 0.2) is 40.9 Å². The average Bonchev–Trinajstić information content (AvgIpc) is 3.39. The van der Waals surface area contributed by atoms with Gasteiger partial charge in [-0.3, -0.25) is 4.79 Å². The van der Waals surface area contributed by atoms with E-state index < -0.39 is 5.82 Å². The van der Waals surface area contributed by atoms with Crippen molar-refractivity contribution < 1.29 is 18.7 Å². The summed E-state index contributed by atoms with van der Waals surface area (Å²) >= 11 is 3.46. The molecule has 1 aliphatic rings. The number of hydrogen-bond acceptors (Lipinski definition) is 3. The predicted molar refractivity (Wildman–Crippen MR) is 91.9 cm³/mol. The van der Waals surface area contributed by atoms with Crippen LogP contribution in [-0.2, 0) is 6.54 Å². The standard InChI is InChI=1S/C18H17BrFNO3/c1-23-16-7-3-12(20)9-14(16)18(22)21-10-11-2-6-15(19)17(8-11)24-13-4-5-13/h2-3,6-9,13H,4-5,10H2,1H3,(H,21,22). The molecule has 0 bridgehead atoms. The van der Waals surface area contributed by atoms with E-state index in [4.69, 9.17) is 9.47 Å². The molecule has 0 atom stereocenters. The first kappa shape index (κ1) is 16.8. The van der Waals surface area contributed by atoms with Gasteiger partial charge in [-0.2, -0.15) is 0 Å². The maximum atomic E-state index is 13.4. The van der Waals surface area contributed by atoms with Crippen molar-refractivity contribution in [2.45, 2.75) is 25.5 Å². The highest BCUT2D eigenvalue weighted by atomic mass is 79.9. The Labute approximate surface area is 148 Å². The topological polar surface area (TPSA) is 47.6 Å². The summed E-state index contributed by atoms with van der Waals surface area (Å²) in [6, 6.07) is 9.54. The highest BCUT2D eigenvalue weighted by Gasteiger charge is 2.24. The summed E-state index contributed by atoms with van der Waals surface area (Å²) in [4.78, 5) is 12.3. The van der Waals surface area contributed by atoms with Gasteiger partial charge in [0.25, 0.3) is 5.91 Å². The van der Waals surface area contributed by atoms with Crippen LogP contribution >= 0.6 is 15.9 Å². The third kappa shape index (κ3) is 4.06. The van der Waals surface area contributed by atoms with Crippen LogP contribution in [0.3, 0.4) is 0 Å². The Bertz CT molecular complexity index is 762. The number of benzene rings is 2. The van der Waals surface area contributed by atoms with Crippen LogP contribution in [0.25, 0.3) is 0 Å². The van der Waals surface area contributed by atoms with Crippen LogP contribution in [0.1, 0.15) is 28.8 Å². The SMILES string of the molecule is COc1ccc(F)cc1C(=O)NCc1ccc(Br)c(OC2CC2)c1. The van der Waals surface area contributed by atoms with Gasteiger partial charge in [0, 0.05) is 6.54 Å². The van der Waals surface area contributed by atoms with E-state index in [1.165, 1.54) is 19.2 Å². The summed E-state index contributed by atoms with van der Waals surface area (Å²) < 4.78 is 25.2. The van der Waals surface area contributed by atoms with Gasteiger partial charge in [-0.1, -0.05) is 6.07 Å². The highest BCUT2D eigenvalue weighted by Crippen LogP contribution is 2.32. The number of carbonyl (C=O) groups excluding carboxylic acids is 1. The first-order valence-corrected chi connectivity index (χ1v) is 8.43. The molecular formula is C18H17BrFNO3. The number of nitrogens with one attached hydrogen (secondary N) is 1. The van der Waals surface area contributed by atoms with E-state index in [2.05, 4.69) is 21.2 Å². The van der Waals surface area contributed by atoms with Gasteiger partial charge in [-0.05, 0) is 64.7 Å². The number of ether oxygens (including phenoxy) is 2. The van der Waals surface area contributed by atoms with Gasteiger partial charge in [0.1, 0.15) is 17.3 Å². The van der Waals surface area contributed by atoms with Crippen LogP contribution in [0.4, 0.5) is 4.39 Å². The lowest BCUT2D eigenvalue weighted by Crippen LogP contribution is -2.23. The minimum atomic E-state index is -0.482. The van der Waals surface area contributed by atoms with Crippen LogP contribution in [0, 0.1) is 5.82 Å². The molecule has 2 aromatic rings. The first-order chi connectivity index (χ1) is 11.6. The Morgan fingerprint density at radius 2 is 2.04 bits per heavy atom. The summed E-state index contributed by atoms with van der Waals surface area (Å²) in [6.45, 7) is 0.312. The second-order valence-electron chi connectivity index (χ2n) is 5.61. The van der Waals surface area contributed by atoms with Gasteiger partial charge in [-0.25, -0.2) is 4.39 Å². The number of rotatable bonds is 6. The summed E-state index contributed by atoms with van der Waals surface area (Å²) in [7, 11) is 1.44. The molecule has 1 amide bonds. The van der Waals surface area contributed by atoms with Gasteiger partial charge in [-0.15, -0.1) is 0 Å². The molecule has 0 saturated heterocycles. The average molecular weight is 394 g/mol. The van der Waals surface area contributed by atoms with E-state index in [0.29, 0.717) is 18.4 Å². The van der Waals surface area contributed by atoms with Crippen molar-refractivity contribution >= 4 is 21.8 Å². The van der Waals surface area contributed by atoms with Crippen LogP contribution < -0.4 is 14.8 Å². The molecule has 126 valence electrons. The molecule has 0 spiro atoms. The minimum absolute atomic E-state index is 0.170. The molecule has 3 rings (SSSR count). The number of carbonyl (C=O) groups is 1. The number of hydrogen-bond donors (Lipinski definition) is 1. The van der Waals surface area contributed by atoms with Crippen molar-refractivity contribution in [2.24, 2.45) is 0 Å². The molecule has 0 aromatic heterocycles. The normalized spacial score (nSPS) is 13.5. The fraction of sp³-hybridized carbons (Fsp3) is 0.278. The van der Waals surface area contributed by atoms with Gasteiger partial charge in [0.2, 0.25) is 0 Å². The zero-order chi connectivity index (χ0) is 17.1. The lowest BCUT2D eigenvalue weighted by Gasteiger charge is -2.11. The van der Waals surface area contributed by atoms with Gasteiger partial charge < -0.3 is 14.8 Å². The quantitative estimate of drug-likeness (QED) is 0.804. The van der Waals surface area contributed by atoms with Crippen molar-refractivity contribution in [3.63, 3.8) is 0 Å². The Hall–Kier alpha value is -2.08. The Morgan fingerprint density at radius 1 is 1.25 bits per heavy atom. The number of amides is 1. The fourth-order valence-electron chi connectivity index (χ4n) is 2.25. The maximum Gasteiger partial charge on any atom is 0.255 e. The van der Waals surface area contributed by atoms with Gasteiger partial charge in [0.15, 0.2) is 0 Å². The molecule has 1 fully saturated rings. The Morgan fingerprint density at radius 3 is 2.75 bits per heavy atom. The highest BCUT2D eigenvalue weighted by molar-refractivity contribution is 9.10. The van der Waals surface area contributed by atoms with Crippen LogP contribution in [-0.4, -0.2) is 19.1 Å². The van der Waals surface area contributed by atoms with E-state index in [9.17, 15) is 9.18 Å². The predicted octanol–water partition coefficient (Wildman–Crippen LogP) is 4.07. The third-order valence-electron chi connectivity index (χ3n) is 3.67. The van der Waals surface area contributed by atoms with E-state index in [1.54, 1.807) is 0 Å². The summed E-state index contributed by atoms with van der Waals surface area (Å²) in [5.41, 5.74) is 1.07. The van der Waals surface area contributed by atoms with E-state index >= 15 is 0 Å².